The number of fused-ring (bicyclic) bond motifs is 1. The van der Waals surface area contributed by atoms with E-state index in [0.717, 1.165) is 40.8 Å². The number of piperidine rings is 1. The van der Waals surface area contributed by atoms with Gasteiger partial charge in [-0.15, -0.1) is 5.10 Å². The van der Waals surface area contributed by atoms with Crippen molar-refractivity contribution in [3.05, 3.63) is 53.6 Å². The van der Waals surface area contributed by atoms with E-state index >= 15 is 0 Å². The van der Waals surface area contributed by atoms with Gasteiger partial charge in [0.05, 0.1) is 6.42 Å². The summed E-state index contributed by atoms with van der Waals surface area (Å²) in [6.07, 6.45) is 3.66. The van der Waals surface area contributed by atoms with E-state index in [1.165, 1.54) is 12.1 Å². The highest BCUT2D eigenvalue weighted by atomic mass is 19.1. The number of aromatic amines is 1. The highest BCUT2D eigenvalue weighted by molar-refractivity contribution is 5.90. The van der Waals surface area contributed by atoms with Crippen LogP contribution in [0.15, 0.2) is 36.5 Å². The smallest absolute Gasteiger partial charge is 0.227 e. The fourth-order valence-electron chi connectivity index (χ4n) is 3.71. The molecule has 6 nitrogen and oxygen atoms in total. The van der Waals surface area contributed by atoms with Crippen LogP contribution in [-0.4, -0.2) is 45.1 Å². The average Bonchev–Trinajstić information content (AvgIpc) is 2.98. The first-order valence-electron chi connectivity index (χ1n) is 9.19. The van der Waals surface area contributed by atoms with E-state index in [4.69, 9.17) is 0 Å². The summed E-state index contributed by atoms with van der Waals surface area (Å²) in [5.74, 6) is 0.561. The minimum Gasteiger partial charge on any atom is -0.366 e. The number of rotatable bonds is 4. The summed E-state index contributed by atoms with van der Waals surface area (Å²) >= 11 is 0. The summed E-state index contributed by atoms with van der Waals surface area (Å²) in [5, 5.41) is 12.1. The molecule has 1 aliphatic heterocycles. The standard InChI is InChI=1S/C20H22FN5O/c1-13-16(17-11-14(21)4-5-18(17)23-13)12-20(27)26-9-6-15(7-10-26)24-19-3-2-8-22-25-19/h2-5,8,11,15,23H,6-7,9-10,12H2,1H3,(H,24,25). The van der Waals surface area contributed by atoms with E-state index in [1.54, 1.807) is 12.3 Å². The molecule has 1 aliphatic rings. The van der Waals surface area contributed by atoms with Gasteiger partial charge in [0, 0.05) is 41.9 Å². The van der Waals surface area contributed by atoms with Gasteiger partial charge in [0.25, 0.3) is 0 Å². The van der Waals surface area contributed by atoms with Crippen LogP contribution in [0.2, 0.25) is 0 Å². The number of hydrogen-bond acceptors (Lipinski definition) is 4. The van der Waals surface area contributed by atoms with Crippen molar-refractivity contribution in [3.63, 3.8) is 0 Å². The van der Waals surface area contributed by atoms with Gasteiger partial charge in [-0.2, -0.15) is 5.10 Å². The Kier molecular flexibility index (Phi) is 4.75. The van der Waals surface area contributed by atoms with Crippen molar-refractivity contribution < 1.29 is 9.18 Å². The Hall–Kier alpha value is -2.96. The number of H-pyrrole nitrogens is 1. The number of benzene rings is 1. The summed E-state index contributed by atoms with van der Waals surface area (Å²) in [6.45, 7) is 3.33. The maximum atomic E-state index is 13.6. The Morgan fingerprint density at radius 1 is 1.33 bits per heavy atom. The third-order valence-electron chi connectivity index (χ3n) is 5.18. The number of aromatic nitrogens is 3. The molecule has 7 heteroatoms. The molecular formula is C20H22FN5O. The Morgan fingerprint density at radius 2 is 2.15 bits per heavy atom. The first-order chi connectivity index (χ1) is 13.1. The molecule has 0 aliphatic carbocycles. The number of nitrogens with one attached hydrogen (secondary N) is 2. The van der Waals surface area contributed by atoms with Crippen molar-refractivity contribution in [3.8, 4) is 0 Å². The SMILES string of the molecule is Cc1[nH]c2ccc(F)cc2c1CC(=O)N1CCC(Nc2cccnn2)CC1. The summed E-state index contributed by atoms with van der Waals surface area (Å²) < 4.78 is 13.6. The summed E-state index contributed by atoms with van der Waals surface area (Å²) in [7, 11) is 0. The number of amides is 1. The van der Waals surface area contributed by atoms with Gasteiger partial charge in [-0.05, 0) is 55.7 Å². The van der Waals surface area contributed by atoms with Crippen LogP contribution in [0.25, 0.3) is 10.9 Å². The molecule has 27 heavy (non-hydrogen) atoms. The zero-order chi connectivity index (χ0) is 18.8. The number of anilines is 1. The number of nitrogens with zero attached hydrogens (tertiary/aromatic N) is 3. The van der Waals surface area contributed by atoms with E-state index in [9.17, 15) is 9.18 Å². The molecule has 3 heterocycles. The first kappa shape index (κ1) is 17.5. The van der Waals surface area contributed by atoms with Gasteiger partial charge in [0.1, 0.15) is 11.6 Å². The lowest BCUT2D eigenvalue weighted by Crippen LogP contribution is -2.43. The maximum Gasteiger partial charge on any atom is 0.227 e. The number of hydrogen-bond donors (Lipinski definition) is 2. The zero-order valence-corrected chi connectivity index (χ0v) is 15.2. The molecule has 2 N–H and O–H groups in total. The minimum atomic E-state index is -0.286. The molecule has 0 radical (unpaired) electrons. The Balaban J connectivity index is 1.39. The van der Waals surface area contributed by atoms with Crippen molar-refractivity contribution in [1.82, 2.24) is 20.1 Å². The predicted molar refractivity (Wildman–Crippen MR) is 102 cm³/mol. The van der Waals surface area contributed by atoms with Crippen molar-refractivity contribution in [2.45, 2.75) is 32.2 Å². The van der Waals surface area contributed by atoms with Crippen LogP contribution in [0.4, 0.5) is 10.2 Å². The molecule has 2 aromatic heterocycles. The lowest BCUT2D eigenvalue weighted by Gasteiger charge is -2.32. The van der Waals surface area contributed by atoms with Gasteiger partial charge in [-0.25, -0.2) is 4.39 Å². The Morgan fingerprint density at radius 3 is 2.89 bits per heavy atom. The summed E-state index contributed by atoms with van der Waals surface area (Å²) in [5.41, 5.74) is 2.67. The second-order valence-corrected chi connectivity index (χ2v) is 7.00. The summed E-state index contributed by atoms with van der Waals surface area (Å²) in [6, 6.07) is 8.67. The van der Waals surface area contributed by atoms with Crippen molar-refractivity contribution in [2.75, 3.05) is 18.4 Å². The largest absolute Gasteiger partial charge is 0.366 e. The van der Waals surface area contributed by atoms with Crippen molar-refractivity contribution >= 4 is 22.6 Å². The van der Waals surface area contributed by atoms with Gasteiger partial charge in [0.15, 0.2) is 0 Å². The van der Waals surface area contributed by atoms with Crippen LogP contribution < -0.4 is 5.32 Å². The van der Waals surface area contributed by atoms with Crippen LogP contribution in [0.3, 0.4) is 0 Å². The molecule has 0 unspecified atom stereocenters. The van der Waals surface area contributed by atoms with E-state index < -0.39 is 0 Å². The monoisotopic (exact) mass is 367 g/mol. The molecule has 0 spiro atoms. The third kappa shape index (κ3) is 3.77. The van der Waals surface area contributed by atoms with Gasteiger partial charge in [-0.3, -0.25) is 4.79 Å². The van der Waals surface area contributed by atoms with Crippen LogP contribution in [-0.2, 0) is 11.2 Å². The average molecular weight is 367 g/mol. The molecule has 0 atom stereocenters. The van der Waals surface area contributed by atoms with Gasteiger partial charge >= 0.3 is 0 Å². The van der Waals surface area contributed by atoms with Crippen molar-refractivity contribution in [2.24, 2.45) is 0 Å². The molecule has 0 saturated carbocycles. The molecule has 4 rings (SSSR count). The highest BCUT2D eigenvalue weighted by Crippen LogP contribution is 2.25. The minimum absolute atomic E-state index is 0.0845. The topological polar surface area (TPSA) is 73.9 Å². The molecule has 140 valence electrons. The second-order valence-electron chi connectivity index (χ2n) is 7.00. The van der Waals surface area contributed by atoms with Crippen molar-refractivity contribution in [1.29, 1.82) is 0 Å². The first-order valence-corrected chi connectivity index (χ1v) is 9.19. The van der Waals surface area contributed by atoms with E-state index in [2.05, 4.69) is 20.5 Å². The van der Waals surface area contributed by atoms with Gasteiger partial charge < -0.3 is 15.2 Å². The normalized spacial score (nSPS) is 15.3. The molecule has 3 aromatic rings. The van der Waals surface area contributed by atoms with Crippen LogP contribution in [0.1, 0.15) is 24.1 Å². The summed E-state index contributed by atoms with van der Waals surface area (Å²) in [4.78, 5) is 17.9. The molecular weight excluding hydrogens is 345 g/mol. The van der Waals surface area contributed by atoms with Gasteiger partial charge in [-0.1, -0.05) is 0 Å². The van der Waals surface area contributed by atoms with E-state index in [1.807, 2.05) is 24.0 Å². The lowest BCUT2D eigenvalue weighted by atomic mass is 10.0. The number of aryl methyl sites for hydroxylation is 1. The number of carbonyl (C=O) groups is 1. The quantitative estimate of drug-likeness (QED) is 0.743. The fraction of sp³-hybridized carbons (Fsp3) is 0.350. The molecule has 0 bridgehead atoms. The third-order valence-corrected chi connectivity index (χ3v) is 5.18. The fourth-order valence-corrected chi connectivity index (χ4v) is 3.71. The molecule has 1 aromatic carbocycles. The van der Waals surface area contributed by atoms with E-state index in [-0.39, 0.29) is 24.2 Å². The predicted octanol–water partition coefficient (Wildman–Crippen LogP) is 3.05. The zero-order valence-electron chi connectivity index (χ0n) is 15.2. The highest BCUT2D eigenvalue weighted by Gasteiger charge is 2.24. The molecule has 1 amide bonds. The second kappa shape index (κ2) is 7.34. The number of likely N-dealkylation sites (tertiary alicyclic amines) is 1. The maximum absolute atomic E-state index is 13.6. The Labute approximate surface area is 156 Å². The van der Waals surface area contributed by atoms with Crippen LogP contribution in [0.5, 0.6) is 0 Å². The number of carbonyl (C=O) groups excluding carboxylic acids is 1. The van der Waals surface area contributed by atoms with Crippen LogP contribution in [0, 0.1) is 12.7 Å². The molecule has 1 saturated heterocycles. The molecule has 1 fully saturated rings. The number of halogens is 1. The van der Waals surface area contributed by atoms with Crippen LogP contribution >= 0.6 is 0 Å². The van der Waals surface area contributed by atoms with E-state index in [0.29, 0.717) is 13.1 Å². The Bertz CT molecular complexity index is 948. The van der Waals surface area contributed by atoms with Gasteiger partial charge in [0.2, 0.25) is 5.91 Å². The lowest BCUT2D eigenvalue weighted by molar-refractivity contribution is -0.131.